The van der Waals surface area contributed by atoms with Crippen molar-refractivity contribution in [3.8, 4) is 0 Å². The second kappa shape index (κ2) is 4.34. The number of fused-ring (bicyclic) bond motifs is 1. The zero-order valence-electron chi connectivity index (χ0n) is 10.5. The molecule has 1 N–H and O–H groups in total. The van der Waals surface area contributed by atoms with E-state index in [1.807, 2.05) is 0 Å². The maximum Gasteiger partial charge on any atom is 0.280 e. The van der Waals surface area contributed by atoms with Gasteiger partial charge in [0.15, 0.2) is 0 Å². The van der Waals surface area contributed by atoms with Crippen LogP contribution in [0.5, 0.6) is 0 Å². The fourth-order valence-electron chi connectivity index (χ4n) is 2.07. The van der Waals surface area contributed by atoms with Gasteiger partial charge in [-0.1, -0.05) is 12.1 Å². The van der Waals surface area contributed by atoms with Crippen LogP contribution < -0.4 is 5.43 Å². The van der Waals surface area contributed by atoms with E-state index in [4.69, 9.17) is 4.42 Å². The van der Waals surface area contributed by atoms with Crippen LogP contribution >= 0.6 is 0 Å². The average molecular weight is 270 g/mol. The number of hydrazine groups is 1. The molecular formula is C14H10N2O4. The summed E-state index contributed by atoms with van der Waals surface area (Å²) >= 11 is 0. The van der Waals surface area contributed by atoms with E-state index in [0.29, 0.717) is 5.76 Å². The molecule has 0 unspecified atom stereocenters. The normalized spacial score (nSPS) is 13.6. The van der Waals surface area contributed by atoms with Crippen molar-refractivity contribution in [3.63, 3.8) is 0 Å². The Bertz CT molecular complexity index is 697. The van der Waals surface area contributed by atoms with E-state index in [-0.39, 0.29) is 16.7 Å². The number of carbonyl (C=O) groups excluding carboxylic acids is 3. The molecule has 2 heterocycles. The fourth-order valence-corrected chi connectivity index (χ4v) is 2.07. The van der Waals surface area contributed by atoms with Crippen LogP contribution in [0.1, 0.15) is 36.8 Å². The van der Waals surface area contributed by atoms with Crippen LogP contribution in [0.3, 0.4) is 0 Å². The highest BCUT2D eigenvalue weighted by Gasteiger charge is 2.36. The molecule has 3 rings (SSSR count). The summed E-state index contributed by atoms with van der Waals surface area (Å²) < 4.78 is 5.02. The van der Waals surface area contributed by atoms with Crippen LogP contribution in [-0.4, -0.2) is 22.7 Å². The van der Waals surface area contributed by atoms with Crippen molar-refractivity contribution in [1.29, 1.82) is 0 Å². The molecular weight excluding hydrogens is 260 g/mol. The fraction of sp³-hybridized carbons (Fsp3) is 0.0714. The molecule has 0 fully saturated rings. The summed E-state index contributed by atoms with van der Waals surface area (Å²) in [4.78, 5) is 36.1. The minimum absolute atomic E-state index is 0.279. The number of furan rings is 1. The molecule has 1 aliphatic heterocycles. The highest BCUT2D eigenvalue weighted by molar-refractivity contribution is 6.22. The Morgan fingerprint density at radius 3 is 2.20 bits per heavy atom. The van der Waals surface area contributed by atoms with Gasteiger partial charge in [0.1, 0.15) is 5.76 Å². The highest BCUT2D eigenvalue weighted by Crippen LogP contribution is 2.21. The molecule has 0 aliphatic carbocycles. The van der Waals surface area contributed by atoms with Gasteiger partial charge in [-0.15, -0.1) is 0 Å². The lowest BCUT2D eigenvalue weighted by molar-refractivity contribution is 0.0517. The van der Waals surface area contributed by atoms with Crippen LogP contribution in [0.2, 0.25) is 0 Å². The lowest BCUT2D eigenvalue weighted by Crippen LogP contribution is -2.45. The van der Waals surface area contributed by atoms with Gasteiger partial charge in [-0.2, -0.15) is 5.01 Å². The summed E-state index contributed by atoms with van der Waals surface area (Å²) in [5.74, 6) is -1.23. The molecule has 0 spiro atoms. The van der Waals surface area contributed by atoms with Crippen LogP contribution in [-0.2, 0) is 0 Å². The summed E-state index contributed by atoms with van der Waals surface area (Å²) in [5, 5.41) is 0.722. The van der Waals surface area contributed by atoms with E-state index >= 15 is 0 Å². The van der Waals surface area contributed by atoms with Crippen LogP contribution in [0.15, 0.2) is 41.0 Å². The summed E-state index contributed by atoms with van der Waals surface area (Å²) in [7, 11) is 0. The van der Waals surface area contributed by atoms with Gasteiger partial charge < -0.3 is 4.42 Å². The Kier molecular flexibility index (Phi) is 2.64. The van der Waals surface area contributed by atoms with Gasteiger partial charge in [0.25, 0.3) is 17.7 Å². The molecule has 0 atom stereocenters. The molecule has 6 nitrogen and oxygen atoms in total. The third-order valence-corrected chi connectivity index (χ3v) is 3.11. The molecule has 20 heavy (non-hydrogen) atoms. The number of hydrogen-bond acceptors (Lipinski definition) is 4. The third-order valence-electron chi connectivity index (χ3n) is 3.11. The zero-order chi connectivity index (χ0) is 14.3. The molecule has 0 saturated carbocycles. The van der Waals surface area contributed by atoms with Crippen molar-refractivity contribution in [2.45, 2.75) is 6.92 Å². The predicted octanol–water partition coefficient (Wildman–Crippen LogP) is 1.53. The molecule has 1 aromatic carbocycles. The number of imide groups is 1. The smallest absolute Gasteiger partial charge is 0.280 e. The Morgan fingerprint density at radius 1 is 1.10 bits per heavy atom. The van der Waals surface area contributed by atoms with Gasteiger partial charge in [-0.25, -0.2) is 0 Å². The first-order valence-corrected chi connectivity index (χ1v) is 5.92. The molecule has 1 aromatic heterocycles. The Labute approximate surface area is 114 Å². The number of nitrogens with one attached hydrogen (secondary N) is 1. The average Bonchev–Trinajstić information content (AvgIpc) is 2.97. The van der Waals surface area contributed by atoms with E-state index in [0.717, 1.165) is 5.01 Å². The van der Waals surface area contributed by atoms with Crippen molar-refractivity contribution in [2.24, 2.45) is 0 Å². The monoisotopic (exact) mass is 270 g/mol. The van der Waals surface area contributed by atoms with Crippen molar-refractivity contribution < 1.29 is 18.8 Å². The standard InChI is InChI=1S/C14H10N2O4/c1-8-9(6-7-20-8)12(17)15-16-13(18)10-4-2-3-5-11(10)14(16)19/h2-7H,1H3,(H,15,17). The van der Waals surface area contributed by atoms with E-state index in [1.54, 1.807) is 31.2 Å². The Balaban J connectivity index is 1.87. The first-order chi connectivity index (χ1) is 9.59. The number of amides is 3. The second-order valence-electron chi connectivity index (χ2n) is 4.32. The van der Waals surface area contributed by atoms with Gasteiger partial charge in [-0.05, 0) is 25.1 Å². The quantitative estimate of drug-likeness (QED) is 0.839. The minimum atomic E-state index is -0.564. The molecule has 0 saturated heterocycles. The summed E-state index contributed by atoms with van der Waals surface area (Å²) in [6.07, 6.45) is 1.37. The summed E-state index contributed by atoms with van der Waals surface area (Å²) in [5.41, 5.74) is 3.14. The highest BCUT2D eigenvalue weighted by atomic mass is 16.3. The largest absolute Gasteiger partial charge is 0.469 e. The molecule has 6 heteroatoms. The van der Waals surface area contributed by atoms with Gasteiger partial charge in [0.05, 0.1) is 23.0 Å². The topological polar surface area (TPSA) is 79.6 Å². The zero-order valence-corrected chi connectivity index (χ0v) is 10.5. The van der Waals surface area contributed by atoms with Crippen molar-refractivity contribution in [3.05, 3.63) is 59.0 Å². The van der Waals surface area contributed by atoms with E-state index in [2.05, 4.69) is 5.43 Å². The number of nitrogens with zero attached hydrogens (tertiary/aromatic N) is 1. The lowest BCUT2D eigenvalue weighted by atomic mass is 10.1. The van der Waals surface area contributed by atoms with E-state index < -0.39 is 17.7 Å². The van der Waals surface area contributed by atoms with Gasteiger partial charge >= 0.3 is 0 Å². The Hall–Kier alpha value is -2.89. The van der Waals surface area contributed by atoms with Crippen molar-refractivity contribution >= 4 is 17.7 Å². The van der Waals surface area contributed by atoms with Gasteiger partial charge in [0, 0.05) is 0 Å². The number of benzene rings is 1. The third kappa shape index (κ3) is 1.70. The molecule has 3 amide bonds. The van der Waals surface area contributed by atoms with Crippen LogP contribution in [0.4, 0.5) is 0 Å². The first kappa shape index (κ1) is 12.2. The van der Waals surface area contributed by atoms with E-state index in [9.17, 15) is 14.4 Å². The number of rotatable bonds is 2. The van der Waals surface area contributed by atoms with Crippen LogP contribution in [0.25, 0.3) is 0 Å². The minimum Gasteiger partial charge on any atom is -0.469 e. The maximum absolute atomic E-state index is 12.1. The van der Waals surface area contributed by atoms with Gasteiger partial charge in [-0.3, -0.25) is 19.8 Å². The lowest BCUT2D eigenvalue weighted by Gasteiger charge is -2.14. The molecule has 2 aromatic rings. The molecule has 1 aliphatic rings. The summed E-state index contributed by atoms with van der Waals surface area (Å²) in [6, 6.07) is 7.89. The number of aryl methyl sites for hydroxylation is 1. The van der Waals surface area contributed by atoms with E-state index in [1.165, 1.54) is 12.3 Å². The molecule has 100 valence electrons. The SMILES string of the molecule is Cc1occc1C(=O)NN1C(=O)c2ccccc2C1=O. The summed E-state index contributed by atoms with van der Waals surface area (Å²) in [6.45, 7) is 1.62. The number of carbonyl (C=O) groups is 3. The second-order valence-corrected chi connectivity index (χ2v) is 4.32. The van der Waals surface area contributed by atoms with Crippen molar-refractivity contribution in [1.82, 2.24) is 10.4 Å². The predicted molar refractivity (Wildman–Crippen MR) is 67.9 cm³/mol. The van der Waals surface area contributed by atoms with Crippen molar-refractivity contribution in [2.75, 3.05) is 0 Å². The Morgan fingerprint density at radius 2 is 1.70 bits per heavy atom. The van der Waals surface area contributed by atoms with Crippen LogP contribution in [0, 0.1) is 6.92 Å². The number of hydrogen-bond donors (Lipinski definition) is 1. The van der Waals surface area contributed by atoms with Gasteiger partial charge in [0.2, 0.25) is 0 Å². The molecule has 0 bridgehead atoms. The first-order valence-electron chi connectivity index (χ1n) is 5.92. The maximum atomic E-state index is 12.1. The molecule has 0 radical (unpaired) electrons.